The number of nitrogens with zero attached hydrogens (tertiary/aromatic N) is 1. The molecule has 0 aliphatic rings. The van der Waals surface area contributed by atoms with E-state index in [9.17, 15) is 5.11 Å². The second-order valence-electron chi connectivity index (χ2n) is 4.31. The van der Waals surface area contributed by atoms with Gasteiger partial charge in [0, 0.05) is 21.6 Å². The molecule has 1 heterocycles. The average molecular weight is 279 g/mol. The van der Waals surface area contributed by atoms with Crippen LogP contribution in [0.2, 0.25) is 0 Å². The highest BCUT2D eigenvalue weighted by molar-refractivity contribution is 7.99. The SMILES string of the molecule is Oc1ccc(Sc2ccccc2-c2ccccn2)cc1. The molecule has 1 aromatic heterocycles. The van der Waals surface area contributed by atoms with Crippen molar-refractivity contribution in [3.63, 3.8) is 0 Å². The van der Waals surface area contributed by atoms with Gasteiger partial charge in [0.2, 0.25) is 0 Å². The lowest BCUT2D eigenvalue weighted by molar-refractivity contribution is 0.475. The number of pyridine rings is 1. The van der Waals surface area contributed by atoms with Crippen molar-refractivity contribution in [2.24, 2.45) is 0 Å². The molecule has 0 aliphatic carbocycles. The second kappa shape index (κ2) is 5.80. The molecule has 0 fully saturated rings. The molecule has 3 rings (SSSR count). The van der Waals surface area contributed by atoms with Crippen LogP contribution in [-0.2, 0) is 0 Å². The minimum absolute atomic E-state index is 0.285. The van der Waals surface area contributed by atoms with E-state index in [2.05, 4.69) is 17.1 Å². The van der Waals surface area contributed by atoms with Gasteiger partial charge in [-0.15, -0.1) is 0 Å². The first kappa shape index (κ1) is 12.8. The van der Waals surface area contributed by atoms with Crippen molar-refractivity contribution in [2.75, 3.05) is 0 Å². The molecule has 0 spiro atoms. The van der Waals surface area contributed by atoms with Crippen LogP contribution in [0.1, 0.15) is 0 Å². The summed E-state index contributed by atoms with van der Waals surface area (Å²) in [5, 5.41) is 9.34. The average Bonchev–Trinajstić information content (AvgIpc) is 2.51. The van der Waals surface area contributed by atoms with Gasteiger partial charge < -0.3 is 5.11 Å². The van der Waals surface area contributed by atoms with Gasteiger partial charge in [0.1, 0.15) is 5.75 Å². The molecule has 0 radical (unpaired) electrons. The zero-order chi connectivity index (χ0) is 13.8. The largest absolute Gasteiger partial charge is 0.508 e. The molecule has 2 nitrogen and oxygen atoms in total. The fourth-order valence-electron chi connectivity index (χ4n) is 1.93. The molecule has 0 saturated heterocycles. The van der Waals surface area contributed by atoms with Gasteiger partial charge in [-0.2, -0.15) is 0 Å². The third-order valence-corrected chi connectivity index (χ3v) is 3.98. The van der Waals surface area contributed by atoms with Crippen LogP contribution in [0.4, 0.5) is 0 Å². The summed E-state index contributed by atoms with van der Waals surface area (Å²) in [4.78, 5) is 6.65. The van der Waals surface area contributed by atoms with E-state index in [1.54, 1.807) is 30.1 Å². The summed E-state index contributed by atoms with van der Waals surface area (Å²) in [6, 6.07) is 21.3. The quantitative estimate of drug-likeness (QED) is 0.760. The molecule has 0 amide bonds. The van der Waals surface area contributed by atoms with Crippen molar-refractivity contribution < 1.29 is 5.11 Å². The summed E-state index contributed by atoms with van der Waals surface area (Å²) in [6.07, 6.45) is 1.80. The molecular formula is C17H13NOS. The molecule has 2 aromatic carbocycles. The van der Waals surface area contributed by atoms with Crippen LogP contribution < -0.4 is 0 Å². The number of phenols is 1. The van der Waals surface area contributed by atoms with E-state index in [-0.39, 0.29) is 5.75 Å². The third-order valence-electron chi connectivity index (χ3n) is 2.89. The van der Waals surface area contributed by atoms with Gasteiger partial charge in [-0.05, 0) is 42.5 Å². The molecule has 20 heavy (non-hydrogen) atoms. The van der Waals surface area contributed by atoms with Crippen LogP contribution in [0.25, 0.3) is 11.3 Å². The summed E-state index contributed by atoms with van der Waals surface area (Å²) < 4.78 is 0. The molecule has 0 bridgehead atoms. The van der Waals surface area contributed by atoms with Crippen molar-refractivity contribution in [1.29, 1.82) is 0 Å². The van der Waals surface area contributed by atoms with Crippen molar-refractivity contribution in [3.05, 3.63) is 72.9 Å². The van der Waals surface area contributed by atoms with E-state index < -0.39 is 0 Å². The van der Waals surface area contributed by atoms with Gasteiger partial charge in [0.25, 0.3) is 0 Å². The number of rotatable bonds is 3. The Balaban J connectivity index is 1.96. The molecule has 98 valence electrons. The zero-order valence-electron chi connectivity index (χ0n) is 10.7. The van der Waals surface area contributed by atoms with Crippen molar-refractivity contribution in [1.82, 2.24) is 4.98 Å². The standard InChI is InChI=1S/C17H13NOS/c19-13-8-10-14(11-9-13)20-17-7-2-1-5-15(17)16-6-3-4-12-18-16/h1-12,19H. The molecule has 1 N–H and O–H groups in total. The van der Waals surface area contributed by atoms with Gasteiger partial charge in [0.05, 0.1) is 5.69 Å². The first-order valence-corrected chi connectivity index (χ1v) is 7.12. The van der Waals surface area contributed by atoms with Crippen LogP contribution in [-0.4, -0.2) is 10.1 Å². The van der Waals surface area contributed by atoms with Gasteiger partial charge in [-0.1, -0.05) is 36.0 Å². The van der Waals surface area contributed by atoms with Crippen LogP contribution in [0.15, 0.2) is 82.7 Å². The highest BCUT2D eigenvalue weighted by Crippen LogP contribution is 2.35. The molecule has 0 unspecified atom stereocenters. The lowest BCUT2D eigenvalue weighted by Gasteiger charge is -2.08. The number of aromatic nitrogens is 1. The molecule has 0 aliphatic heterocycles. The van der Waals surface area contributed by atoms with Crippen LogP contribution >= 0.6 is 11.8 Å². The Hall–Kier alpha value is -2.26. The van der Waals surface area contributed by atoms with E-state index in [0.717, 1.165) is 21.0 Å². The fraction of sp³-hybridized carbons (Fsp3) is 0. The lowest BCUT2D eigenvalue weighted by atomic mass is 10.1. The van der Waals surface area contributed by atoms with Crippen molar-refractivity contribution >= 4 is 11.8 Å². The van der Waals surface area contributed by atoms with E-state index in [4.69, 9.17) is 0 Å². The maximum absolute atomic E-state index is 9.34. The first-order valence-electron chi connectivity index (χ1n) is 6.30. The van der Waals surface area contributed by atoms with E-state index >= 15 is 0 Å². The minimum Gasteiger partial charge on any atom is -0.508 e. The minimum atomic E-state index is 0.285. The Bertz CT molecular complexity index is 696. The molecule has 3 heteroatoms. The Morgan fingerprint density at radius 1 is 0.800 bits per heavy atom. The Labute approximate surface area is 122 Å². The van der Waals surface area contributed by atoms with Crippen LogP contribution in [0.5, 0.6) is 5.75 Å². The first-order chi connectivity index (χ1) is 9.83. The normalized spacial score (nSPS) is 10.4. The zero-order valence-corrected chi connectivity index (χ0v) is 11.5. The summed E-state index contributed by atoms with van der Waals surface area (Å²) in [5.74, 6) is 0.285. The van der Waals surface area contributed by atoms with Gasteiger partial charge in [-0.3, -0.25) is 4.98 Å². The predicted octanol–water partition coefficient (Wildman–Crippen LogP) is 4.61. The molecule has 0 atom stereocenters. The Morgan fingerprint density at radius 3 is 2.30 bits per heavy atom. The van der Waals surface area contributed by atoms with Crippen LogP contribution in [0, 0.1) is 0 Å². The Kier molecular flexibility index (Phi) is 3.70. The lowest BCUT2D eigenvalue weighted by Crippen LogP contribution is -1.85. The topological polar surface area (TPSA) is 33.1 Å². The third kappa shape index (κ3) is 2.83. The maximum atomic E-state index is 9.34. The number of phenolic OH excluding ortho intramolecular Hbond substituents is 1. The van der Waals surface area contributed by atoms with E-state index in [0.29, 0.717) is 0 Å². The summed E-state index contributed by atoms with van der Waals surface area (Å²) in [6.45, 7) is 0. The van der Waals surface area contributed by atoms with E-state index in [1.165, 1.54) is 0 Å². The Morgan fingerprint density at radius 2 is 1.55 bits per heavy atom. The highest BCUT2D eigenvalue weighted by atomic mass is 32.2. The van der Waals surface area contributed by atoms with E-state index in [1.807, 2.05) is 42.5 Å². The van der Waals surface area contributed by atoms with Gasteiger partial charge in [-0.25, -0.2) is 0 Å². The van der Waals surface area contributed by atoms with Crippen molar-refractivity contribution in [3.8, 4) is 17.0 Å². The van der Waals surface area contributed by atoms with Gasteiger partial charge in [0.15, 0.2) is 0 Å². The second-order valence-corrected chi connectivity index (χ2v) is 5.42. The number of benzene rings is 2. The monoisotopic (exact) mass is 279 g/mol. The summed E-state index contributed by atoms with van der Waals surface area (Å²) in [5.41, 5.74) is 2.08. The molecular weight excluding hydrogens is 266 g/mol. The predicted molar refractivity (Wildman–Crippen MR) is 81.9 cm³/mol. The fourth-order valence-corrected chi connectivity index (χ4v) is 2.89. The number of hydrogen-bond acceptors (Lipinski definition) is 3. The summed E-state index contributed by atoms with van der Waals surface area (Å²) in [7, 11) is 0. The number of aromatic hydroxyl groups is 1. The molecule has 0 saturated carbocycles. The maximum Gasteiger partial charge on any atom is 0.115 e. The molecule has 3 aromatic rings. The highest BCUT2D eigenvalue weighted by Gasteiger charge is 2.06. The smallest absolute Gasteiger partial charge is 0.115 e. The van der Waals surface area contributed by atoms with Crippen LogP contribution in [0.3, 0.4) is 0 Å². The van der Waals surface area contributed by atoms with Gasteiger partial charge >= 0.3 is 0 Å². The number of hydrogen-bond donors (Lipinski definition) is 1. The summed E-state index contributed by atoms with van der Waals surface area (Å²) >= 11 is 1.67. The van der Waals surface area contributed by atoms with Crippen molar-refractivity contribution in [2.45, 2.75) is 9.79 Å².